The average molecular weight is 304 g/mol. The minimum absolute atomic E-state index is 0.103. The molecule has 0 fully saturated rings. The molecule has 0 spiro atoms. The lowest BCUT2D eigenvalue weighted by Crippen LogP contribution is -2.47. The van der Waals surface area contributed by atoms with Crippen LogP contribution in [0.15, 0.2) is 24.3 Å². The Kier molecular flexibility index (Phi) is 5.09. The van der Waals surface area contributed by atoms with Crippen molar-refractivity contribution in [3.63, 3.8) is 0 Å². The van der Waals surface area contributed by atoms with Crippen molar-refractivity contribution in [3.05, 3.63) is 24.3 Å². The maximum atomic E-state index is 12.3. The molecule has 0 saturated heterocycles. The first-order valence-electron chi connectivity index (χ1n) is 6.41. The molecule has 1 aromatic carbocycles. The lowest BCUT2D eigenvalue weighted by Gasteiger charge is -2.24. The summed E-state index contributed by atoms with van der Waals surface area (Å²) in [5, 5.41) is 5.46. The standard InChI is InChI=1S/C14H19F3N2O2/c1-9(12(20)19-13(2,3)4)18-10-7-5-6-8-11(10)21-14(15,16)17/h5-9,18H,1-4H3,(H,19,20). The zero-order valence-electron chi connectivity index (χ0n) is 12.3. The molecule has 118 valence electrons. The molecule has 1 unspecified atom stereocenters. The van der Waals surface area contributed by atoms with Crippen molar-refractivity contribution in [3.8, 4) is 5.75 Å². The van der Waals surface area contributed by atoms with Crippen molar-refractivity contribution in [2.75, 3.05) is 5.32 Å². The van der Waals surface area contributed by atoms with E-state index in [1.165, 1.54) is 18.2 Å². The predicted molar refractivity (Wildman–Crippen MR) is 74.1 cm³/mol. The zero-order chi connectivity index (χ0) is 16.3. The Morgan fingerprint density at radius 1 is 1.19 bits per heavy atom. The number of amides is 1. The number of nitrogens with one attached hydrogen (secondary N) is 2. The van der Waals surface area contributed by atoms with E-state index in [4.69, 9.17) is 0 Å². The smallest absolute Gasteiger partial charge is 0.404 e. The molecule has 1 atom stereocenters. The van der Waals surface area contributed by atoms with Crippen molar-refractivity contribution < 1.29 is 22.7 Å². The fourth-order valence-corrected chi connectivity index (χ4v) is 1.58. The lowest BCUT2D eigenvalue weighted by atomic mass is 10.1. The van der Waals surface area contributed by atoms with E-state index in [0.717, 1.165) is 0 Å². The molecular weight excluding hydrogens is 285 g/mol. The van der Waals surface area contributed by atoms with Crippen LogP contribution in [0.25, 0.3) is 0 Å². The minimum Gasteiger partial charge on any atom is -0.404 e. The molecule has 0 bridgehead atoms. The maximum Gasteiger partial charge on any atom is 0.573 e. The molecule has 1 rings (SSSR count). The van der Waals surface area contributed by atoms with Crippen LogP contribution in [0.3, 0.4) is 0 Å². The van der Waals surface area contributed by atoms with Gasteiger partial charge in [0.15, 0.2) is 5.75 Å². The first-order valence-corrected chi connectivity index (χ1v) is 6.41. The van der Waals surface area contributed by atoms with Gasteiger partial charge in [0.05, 0.1) is 5.69 Å². The third-order valence-electron chi connectivity index (χ3n) is 2.38. The highest BCUT2D eigenvalue weighted by molar-refractivity contribution is 5.85. The number of alkyl halides is 3. The highest BCUT2D eigenvalue weighted by Crippen LogP contribution is 2.30. The molecule has 0 aliphatic heterocycles. The van der Waals surface area contributed by atoms with Gasteiger partial charge in [-0.25, -0.2) is 0 Å². The number of anilines is 1. The number of carbonyl (C=O) groups excluding carboxylic acids is 1. The summed E-state index contributed by atoms with van der Waals surface area (Å²) in [6.07, 6.45) is -4.78. The van der Waals surface area contributed by atoms with Crippen molar-refractivity contribution in [1.82, 2.24) is 5.32 Å². The molecular formula is C14H19F3N2O2. The van der Waals surface area contributed by atoms with Gasteiger partial charge in [0, 0.05) is 5.54 Å². The van der Waals surface area contributed by atoms with Crippen LogP contribution in [0, 0.1) is 0 Å². The maximum absolute atomic E-state index is 12.3. The Hall–Kier alpha value is -1.92. The van der Waals surface area contributed by atoms with Gasteiger partial charge in [0.1, 0.15) is 6.04 Å². The third kappa shape index (κ3) is 6.37. The van der Waals surface area contributed by atoms with E-state index in [2.05, 4.69) is 15.4 Å². The Morgan fingerprint density at radius 2 is 1.76 bits per heavy atom. The summed E-state index contributed by atoms with van der Waals surface area (Å²) in [5.74, 6) is -0.690. The number of carbonyl (C=O) groups is 1. The Bertz CT molecular complexity index is 496. The van der Waals surface area contributed by atoms with Gasteiger partial charge < -0.3 is 15.4 Å². The molecule has 1 aromatic rings. The Morgan fingerprint density at radius 3 is 2.29 bits per heavy atom. The molecule has 0 aliphatic carbocycles. The van der Waals surface area contributed by atoms with Gasteiger partial charge in [-0.2, -0.15) is 0 Å². The minimum atomic E-state index is -4.78. The van der Waals surface area contributed by atoms with Crippen LogP contribution in [0.1, 0.15) is 27.7 Å². The van der Waals surface area contributed by atoms with Crippen molar-refractivity contribution in [2.45, 2.75) is 45.6 Å². The SMILES string of the molecule is CC(Nc1ccccc1OC(F)(F)F)C(=O)NC(C)(C)C. The van der Waals surface area contributed by atoms with Gasteiger partial charge in [-0.05, 0) is 39.8 Å². The second-order valence-corrected chi connectivity index (χ2v) is 5.65. The fraction of sp³-hybridized carbons (Fsp3) is 0.500. The first-order chi connectivity index (χ1) is 9.48. The van der Waals surface area contributed by atoms with Gasteiger partial charge in [-0.3, -0.25) is 4.79 Å². The van der Waals surface area contributed by atoms with E-state index in [9.17, 15) is 18.0 Å². The monoisotopic (exact) mass is 304 g/mol. The van der Waals surface area contributed by atoms with Crippen LogP contribution < -0.4 is 15.4 Å². The van der Waals surface area contributed by atoms with E-state index in [-0.39, 0.29) is 17.3 Å². The topological polar surface area (TPSA) is 50.4 Å². The molecule has 0 saturated carbocycles. The normalized spacial score (nSPS) is 13.5. The van der Waals surface area contributed by atoms with Crippen molar-refractivity contribution in [2.24, 2.45) is 0 Å². The molecule has 0 aliphatic rings. The Labute approximate surface area is 121 Å². The first kappa shape index (κ1) is 17.1. The van der Waals surface area contributed by atoms with Gasteiger partial charge >= 0.3 is 6.36 Å². The number of benzene rings is 1. The predicted octanol–water partition coefficient (Wildman–Crippen LogP) is 3.30. The lowest BCUT2D eigenvalue weighted by molar-refractivity contribution is -0.274. The number of ether oxygens (including phenoxy) is 1. The quantitative estimate of drug-likeness (QED) is 0.897. The zero-order valence-corrected chi connectivity index (χ0v) is 12.3. The van der Waals surface area contributed by atoms with E-state index in [1.54, 1.807) is 13.0 Å². The van der Waals surface area contributed by atoms with Crippen molar-refractivity contribution in [1.29, 1.82) is 0 Å². The molecule has 7 heteroatoms. The number of hydrogen-bond acceptors (Lipinski definition) is 3. The molecule has 4 nitrogen and oxygen atoms in total. The van der Waals surface area contributed by atoms with E-state index < -0.39 is 17.9 Å². The highest BCUT2D eigenvalue weighted by Gasteiger charge is 2.32. The second kappa shape index (κ2) is 6.24. The van der Waals surface area contributed by atoms with Gasteiger partial charge in [0.25, 0.3) is 0 Å². The second-order valence-electron chi connectivity index (χ2n) is 5.65. The molecule has 2 N–H and O–H groups in total. The summed E-state index contributed by atoms with van der Waals surface area (Å²) < 4.78 is 40.9. The Balaban J connectivity index is 2.81. The summed E-state index contributed by atoms with van der Waals surface area (Å²) in [6, 6.07) is 4.88. The van der Waals surface area contributed by atoms with Crippen LogP contribution in [0.5, 0.6) is 5.75 Å². The summed E-state index contributed by atoms with van der Waals surface area (Å²) in [6.45, 7) is 7.01. The van der Waals surface area contributed by atoms with Crippen LogP contribution >= 0.6 is 0 Å². The van der Waals surface area contributed by atoms with Crippen LogP contribution in [0.2, 0.25) is 0 Å². The summed E-state index contributed by atoms with van der Waals surface area (Å²) in [4.78, 5) is 11.9. The number of para-hydroxylation sites is 2. The van der Waals surface area contributed by atoms with E-state index in [0.29, 0.717) is 0 Å². The van der Waals surface area contributed by atoms with Gasteiger partial charge in [0.2, 0.25) is 5.91 Å². The summed E-state index contributed by atoms with van der Waals surface area (Å²) >= 11 is 0. The van der Waals surface area contributed by atoms with E-state index >= 15 is 0 Å². The summed E-state index contributed by atoms with van der Waals surface area (Å²) in [7, 11) is 0. The molecule has 1 amide bonds. The highest BCUT2D eigenvalue weighted by atomic mass is 19.4. The molecule has 0 heterocycles. The molecule has 0 radical (unpaired) electrons. The van der Waals surface area contributed by atoms with Crippen LogP contribution in [-0.4, -0.2) is 23.9 Å². The molecule has 0 aromatic heterocycles. The number of hydrogen-bond donors (Lipinski definition) is 2. The van der Waals surface area contributed by atoms with E-state index in [1.807, 2.05) is 20.8 Å². The van der Waals surface area contributed by atoms with Crippen molar-refractivity contribution >= 4 is 11.6 Å². The van der Waals surface area contributed by atoms with Crippen LogP contribution in [-0.2, 0) is 4.79 Å². The number of rotatable bonds is 4. The van der Waals surface area contributed by atoms with Gasteiger partial charge in [-0.1, -0.05) is 12.1 Å². The third-order valence-corrected chi connectivity index (χ3v) is 2.38. The average Bonchev–Trinajstić information content (AvgIpc) is 2.27. The molecule has 21 heavy (non-hydrogen) atoms. The number of halogens is 3. The summed E-state index contributed by atoms with van der Waals surface area (Å²) in [5.41, 5.74) is -0.318. The largest absolute Gasteiger partial charge is 0.573 e. The fourth-order valence-electron chi connectivity index (χ4n) is 1.58. The van der Waals surface area contributed by atoms with Crippen LogP contribution in [0.4, 0.5) is 18.9 Å². The van der Waals surface area contributed by atoms with Gasteiger partial charge in [-0.15, -0.1) is 13.2 Å².